The first-order valence-electron chi connectivity index (χ1n) is 5.47. The fourth-order valence-corrected chi connectivity index (χ4v) is 2.96. The van der Waals surface area contributed by atoms with Crippen LogP contribution in [0, 0.1) is 6.92 Å². The van der Waals surface area contributed by atoms with Crippen molar-refractivity contribution in [1.82, 2.24) is 15.3 Å². The summed E-state index contributed by atoms with van der Waals surface area (Å²) < 4.78 is 0. The minimum atomic E-state index is 0.0258. The lowest BCUT2D eigenvalue weighted by atomic mass is 10.4. The second-order valence-electron chi connectivity index (χ2n) is 3.91. The number of rotatable bonds is 5. The summed E-state index contributed by atoms with van der Waals surface area (Å²) in [6.45, 7) is 5.59. The van der Waals surface area contributed by atoms with Crippen molar-refractivity contribution in [2.24, 2.45) is 5.73 Å². The molecule has 0 aliphatic carbocycles. The van der Waals surface area contributed by atoms with Crippen molar-refractivity contribution in [2.75, 3.05) is 0 Å². The molecule has 0 aliphatic heterocycles. The van der Waals surface area contributed by atoms with Crippen LogP contribution in [0.2, 0.25) is 0 Å². The number of nitrogens with two attached hydrogens (primary N) is 1. The first-order chi connectivity index (χ1) is 8.15. The number of hydrogen-bond donors (Lipinski definition) is 2. The molecule has 2 rings (SSSR count). The predicted molar refractivity (Wildman–Crippen MR) is 72.1 cm³/mol. The molecule has 2 aromatic heterocycles. The van der Waals surface area contributed by atoms with E-state index in [-0.39, 0.29) is 6.04 Å². The van der Waals surface area contributed by atoms with Gasteiger partial charge in [0.25, 0.3) is 0 Å². The van der Waals surface area contributed by atoms with Crippen LogP contribution >= 0.6 is 22.7 Å². The fraction of sp³-hybridized carbons (Fsp3) is 0.455. The molecule has 0 saturated heterocycles. The number of hydrogen-bond acceptors (Lipinski definition) is 6. The molecule has 0 bridgehead atoms. The minimum absolute atomic E-state index is 0.0258. The van der Waals surface area contributed by atoms with Crippen molar-refractivity contribution in [3.05, 3.63) is 32.2 Å². The van der Waals surface area contributed by atoms with Crippen molar-refractivity contribution in [3.63, 3.8) is 0 Å². The van der Waals surface area contributed by atoms with E-state index in [0.717, 1.165) is 28.8 Å². The third-order valence-electron chi connectivity index (χ3n) is 2.23. The maximum Gasteiger partial charge on any atom is 0.109 e. The summed E-state index contributed by atoms with van der Waals surface area (Å²) >= 11 is 3.34. The van der Waals surface area contributed by atoms with E-state index < -0.39 is 0 Å². The van der Waals surface area contributed by atoms with Gasteiger partial charge in [-0.25, -0.2) is 9.97 Å². The summed E-state index contributed by atoms with van der Waals surface area (Å²) in [6, 6.07) is 0.0258. The number of nitrogens with one attached hydrogen (secondary N) is 1. The molecular formula is C11H16N4S2. The Morgan fingerprint density at radius 3 is 2.88 bits per heavy atom. The number of nitrogens with zero attached hydrogens (tertiary/aromatic N) is 2. The molecule has 0 aromatic carbocycles. The SMILES string of the molecule is Cc1ncc(CNCc2csc(C(C)N)n2)s1. The molecule has 1 unspecified atom stereocenters. The van der Waals surface area contributed by atoms with Crippen LogP contribution in [0.3, 0.4) is 0 Å². The van der Waals surface area contributed by atoms with Crippen LogP contribution in [0.15, 0.2) is 11.6 Å². The van der Waals surface area contributed by atoms with Gasteiger partial charge in [0.1, 0.15) is 5.01 Å². The highest BCUT2D eigenvalue weighted by Crippen LogP contribution is 2.16. The molecule has 0 amide bonds. The van der Waals surface area contributed by atoms with Gasteiger partial charge in [-0.2, -0.15) is 0 Å². The van der Waals surface area contributed by atoms with Crippen LogP contribution in [0.4, 0.5) is 0 Å². The highest BCUT2D eigenvalue weighted by atomic mass is 32.1. The van der Waals surface area contributed by atoms with Gasteiger partial charge in [-0.15, -0.1) is 22.7 Å². The second kappa shape index (κ2) is 5.68. The summed E-state index contributed by atoms with van der Waals surface area (Å²) in [6.07, 6.45) is 1.92. The molecule has 3 N–H and O–H groups in total. The predicted octanol–water partition coefficient (Wildman–Crippen LogP) is 2.22. The summed E-state index contributed by atoms with van der Waals surface area (Å²) in [5.74, 6) is 0. The zero-order valence-corrected chi connectivity index (χ0v) is 11.6. The van der Waals surface area contributed by atoms with Gasteiger partial charge in [0.05, 0.1) is 16.7 Å². The van der Waals surface area contributed by atoms with Crippen molar-refractivity contribution in [2.45, 2.75) is 33.0 Å². The summed E-state index contributed by atoms with van der Waals surface area (Å²) in [5.41, 5.74) is 6.83. The fourth-order valence-electron chi connectivity index (χ4n) is 1.41. The molecule has 0 saturated carbocycles. The maximum atomic E-state index is 5.77. The lowest BCUT2D eigenvalue weighted by molar-refractivity contribution is 0.682. The largest absolute Gasteiger partial charge is 0.322 e. The van der Waals surface area contributed by atoms with E-state index in [9.17, 15) is 0 Å². The molecule has 0 fully saturated rings. The first-order valence-corrected chi connectivity index (χ1v) is 7.16. The van der Waals surface area contributed by atoms with Gasteiger partial charge in [-0.1, -0.05) is 0 Å². The lowest BCUT2D eigenvalue weighted by Gasteiger charge is -2.00. The van der Waals surface area contributed by atoms with Crippen LogP contribution < -0.4 is 11.1 Å². The van der Waals surface area contributed by atoms with Crippen LogP contribution in [-0.4, -0.2) is 9.97 Å². The molecule has 0 spiro atoms. The Hall–Kier alpha value is -0.820. The third kappa shape index (κ3) is 3.57. The van der Waals surface area contributed by atoms with Gasteiger partial charge in [0, 0.05) is 29.5 Å². The number of thiazole rings is 2. The van der Waals surface area contributed by atoms with Gasteiger partial charge in [0.15, 0.2) is 0 Å². The lowest BCUT2D eigenvalue weighted by Crippen LogP contribution is -2.12. The minimum Gasteiger partial charge on any atom is -0.322 e. The van der Waals surface area contributed by atoms with Gasteiger partial charge in [-0.05, 0) is 13.8 Å². The molecule has 6 heteroatoms. The zero-order valence-electron chi connectivity index (χ0n) is 9.93. The van der Waals surface area contributed by atoms with Crippen LogP contribution in [0.5, 0.6) is 0 Å². The van der Waals surface area contributed by atoms with Gasteiger partial charge < -0.3 is 11.1 Å². The molecule has 4 nitrogen and oxygen atoms in total. The molecular weight excluding hydrogens is 252 g/mol. The van der Waals surface area contributed by atoms with E-state index in [1.54, 1.807) is 22.7 Å². The quantitative estimate of drug-likeness (QED) is 0.872. The monoisotopic (exact) mass is 268 g/mol. The Morgan fingerprint density at radius 2 is 2.29 bits per heavy atom. The summed E-state index contributed by atoms with van der Waals surface area (Å²) in [5, 5.41) is 7.52. The Labute approximate surface area is 109 Å². The molecule has 2 aromatic rings. The Kier molecular flexibility index (Phi) is 4.22. The van der Waals surface area contributed by atoms with Crippen molar-refractivity contribution < 1.29 is 0 Å². The highest BCUT2D eigenvalue weighted by molar-refractivity contribution is 7.11. The van der Waals surface area contributed by atoms with Crippen LogP contribution in [-0.2, 0) is 13.1 Å². The Balaban J connectivity index is 1.81. The standard InChI is InChI=1S/C11H16N4S2/c1-7(12)11-15-9(6-16-11)3-13-4-10-5-14-8(2)17-10/h5-7,13H,3-4,12H2,1-2H3. The zero-order chi connectivity index (χ0) is 12.3. The van der Waals surface area contributed by atoms with E-state index in [1.807, 2.05) is 20.0 Å². The van der Waals surface area contributed by atoms with E-state index in [4.69, 9.17) is 5.73 Å². The van der Waals surface area contributed by atoms with Gasteiger partial charge in [0.2, 0.25) is 0 Å². The van der Waals surface area contributed by atoms with E-state index in [2.05, 4.69) is 20.7 Å². The van der Waals surface area contributed by atoms with E-state index in [1.165, 1.54) is 4.88 Å². The van der Waals surface area contributed by atoms with E-state index >= 15 is 0 Å². The molecule has 1 atom stereocenters. The smallest absolute Gasteiger partial charge is 0.109 e. The van der Waals surface area contributed by atoms with Crippen LogP contribution in [0.1, 0.15) is 33.6 Å². The van der Waals surface area contributed by atoms with Crippen molar-refractivity contribution in [3.8, 4) is 0 Å². The maximum absolute atomic E-state index is 5.77. The molecule has 17 heavy (non-hydrogen) atoms. The number of aromatic nitrogens is 2. The van der Waals surface area contributed by atoms with Crippen LogP contribution in [0.25, 0.3) is 0 Å². The molecule has 2 heterocycles. The van der Waals surface area contributed by atoms with Crippen molar-refractivity contribution in [1.29, 1.82) is 0 Å². The highest BCUT2D eigenvalue weighted by Gasteiger charge is 2.05. The van der Waals surface area contributed by atoms with Crippen molar-refractivity contribution >= 4 is 22.7 Å². The van der Waals surface area contributed by atoms with E-state index in [0.29, 0.717) is 0 Å². The normalized spacial score (nSPS) is 12.9. The average molecular weight is 268 g/mol. The third-order valence-corrected chi connectivity index (χ3v) is 4.24. The topological polar surface area (TPSA) is 63.8 Å². The molecule has 92 valence electrons. The van der Waals surface area contributed by atoms with Gasteiger partial charge >= 0.3 is 0 Å². The Morgan fingerprint density at radius 1 is 1.47 bits per heavy atom. The number of aryl methyl sites for hydroxylation is 1. The summed E-state index contributed by atoms with van der Waals surface area (Å²) in [4.78, 5) is 9.94. The Bertz CT molecular complexity index is 475. The first kappa shape index (κ1) is 12.6. The molecule has 0 aliphatic rings. The second-order valence-corrected chi connectivity index (χ2v) is 6.12. The summed E-state index contributed by atoms with van der Waals surface area (Å²) in [7, 11) is 0. The average Bonchev–Trinajstić information content (AvgIpc) is 2.88. The molecule has 0 radical (unpaired) electrons. The van der Waals surface area contributed by atoms with Gasteiger partial charge in [-0.3, -0.25) is 0 Å².